The molecule has 0 saturated carbocycles. The highest BCUT2D eigenvalue weighted by Crippen LogP contribution is 2.43. The van der Waals surface area contributed by atoms with E-state index in [-0.39, 0.29) is 28.8 Å². The molecule has 1 rings (SSSR count). The summed E-state index contributed by atoms with van der Waals surface area (Å²) in [5.74, 6) is 0.463. The molecule has 0 fully saturated rings. The van der Waals surface area contributed by atoms with E-state index in [1.807, 2.05) is 0 Å². The highest BCUT2D eigenvalue weighted by atomic mass is 16.3. The number of rotatable bonds is 2. The fraction of sp³-hybridized carbons (Fsp3) is 0.615. The van der Waals surface area contributed by atoms with Gasteiger partial charge in [0.2, 0.25) is 0 Å². The van der Waals surface area contributed by atoms with Crippen molar-refractivity contribution in [2.24, 2.45) is 17.3 Å². The van der Waals surface area contributed by atoms with E-state index in [1.165, 1.54) is 13.0 Å². The number of carbonyl (C=O) groups excluding carboxylic acids is 1. The van der Waals surface area contributed by atoms with E-state index < -0.39 is 0 Å². The van der Waals surface area contributed by atoms with Crippen LogP contribution in [0.2, 0.25) is 0 Å². The first kappa shape index (κ1) is 12.0. The Bertz CT molecular complexity index is 310. The van der Waals surface area contributed by atoms with Crippen LogP contribution in [0.15, 0.2) is 24.0 Å². The highest BCUT2D eigenvalue weighted by molar-refractivity contribution is 5.87. The summed E-state index contributed by atoms with van der Waals surface area (Å²) in [4.78, 5) is 11.0. The summed E-state index contributed by atoms with van der Waals surface area (Å²) >= 11 is 0. The molecule has 0 radical (unpaired) electrons. The Morgan fingerprint density at radius 2 is 2.13 bits per heavy atom. The van der Waals surface area contributed by atoms with Crippen molar-refractivity contribution in [3.8, 4) is 0 Å². The van der Waals surface area contributed by atoms with Crippen LogP contribution in [-0.2, 0) is 4.79 Å². The van der Waals surface area contributed by atoms with Crippen molar-refractivity contribution in [2.75, 3.05) is 0 Å². The fourth-order valence-electron chi connectivity index (χ4n) is 2.50. The molecule has 0 aromatic carbocycles. The van der Waals surface area contributed by atoms with Crippen LogP contribution in [0.5, 0.6) is 0 Å². The average Bonchev–Trinajstić information content (AvgIpc) is 1.99. The summed E-state index contributed by atoms with van der Waals surface area (Å²) in [6.07, 6.45) is 6.56. The summed E-state index contributed by atoms with van der Waals surface area (Å²) in [5, 5.41) is 9.96. The van der Waals surface area contributed by atoms with Crippen molar-refractivity contribution in [2.45, 2.75) is 34.1 Å². The number of aliphatic hydroxyl groups is 1. The molecular formula is C13H20O2. The lowest BCUT2D eigenvalue weighted by Gasteiger charge is -2.39. The molecule has 2 unspecified atom stereocenters. The van der Waals surface area contributed by atoms with Crippen molar-refractivity contribution >= 4 is 5.78 Å². The maximum absolute atomic E-state index is 11.0. The van der Waals surface area contributed by atoms with Crippen LogP contribution in [-0.4, -0.2) is 10.9 Å². The minimum Gasteiger partial charge on any atom is -0.512 e. The van der Waals surface area contributed by atoms with Gasteiger partial charge in [0, 0.05) is 12.0 Å². The van der Waals surface area contributed by atoms with E-state index >= 15 is 0 Å². The van der Waals surface area contributed by atoms with Gasteiger partial charge in [0.25, 0.3) is 0 Å². The van der Waals surface area contributed by atoms with Gasteiger partial charge in [0.15, 0.2) is 5.78 Å². The predicted molar refractivity (Wildman–Crippen MR) is 61.6 cm³/mol. The van der Waals surface area contributed by atoms with E-state index in [2.05, 4.69) is 32.9 Å². The fourth-order valence-corrected chi connectivity index (χ4v) is 2.50. The highest BCUT2D eigenvalue weighted by Gasteiger charge is 2.37. The minimum atomic E-state index is -0.0925. The van der Waals surface area contributed by atoms with Crippen LogP contribution < -0.4 is 0 Å². The summed E-state index contributed by atoms with van der Waals surface area (Å²) < 4.78 is 0. The van der Waals surface area contributed by atoms with E-state index in [0.717, 1.165) is 6.42 Å². The quantitative estimate of drug-likeness (QED) is 0.429. The number of hydrogen-bond acceptors (Lipinski definition) is 2. The van der Waals surface area contributed by atoms with Gasteiger partial charge in [-0.3, -0.25) is 4.79 Å². The summed E-state index contributed by atoms with van der Waals surface area (Å²) in [5.41, 5.74) is 0.0181. The number of aliphatic hydroxyl groups excluding tert-OH is 1. The standard InChI is InChI=1S/C13H20O2/c1-9-6-5-7-13(3,4)12(9)11(15)8-10(2)14/h5-6,8-9,12,15H,7H2,1-4H3. The molecule has 84 valence electrons. The lowest BCUT2D eigenvalue weighted by atomic mass is 9.66. The Kier molecular flexibility index (Phi) is 3.38. The lowest BCUT2D eigenvalue weighted by molar-refractivity contribution is -0.112. The third kappa shape index (κ3) is 2.71. The van der Waals surface area contributed by atoms with E-state index in [4.69, 9.17) is 0 Å². The first-order valence-electron chi connectivity index (χ1n) is 5.42. The molecule has 15 heavy (non-hydrogen) atoms. The molecule has 0 aromatic heterocycles. The number of carbonyl (C=O) groups is 1. The molecule has 0 aliphatic heterocycles. The van der Waals surface area contributed by atoms with Crippen molar-refractivity contribution in [1.29, 1.82) is 0 Å². The molecule has 1 aliphatic carbocycles. The number of hydrogen-bond donors (Lipinski definition) is 1. The molecule has 0 aromatic rings. The monoisotopic (exact) mass is 208 g/mol. The zero-order chi connectivity index (χ0) is 11.6. The van der Waals surface area contributed by atoms with Crippen LogP contribution in [0, 0.1) is 17.3 Å². The lowest BCUT2D eigenvalue weighted by Crippen LogP contribution is -2.32. The Morgan fingerprint density at radius 3 is 2.60 bits per heavy atom. The molecule has 0 amide bonds. The van der Waals surface area contributed by atoms with Gasteiger partial charge in [0.1, 0.15) is 0 Å². The molecule has 0 bridgehead atoms. The zero-order valence-electron chi connectivity index (χ0n) is 9.95. The van der Waals surface area contributed by atoms with Gasteiger partial charge >= 0.3 is 0 Å². The predicted octanol–water partition coefficient (Wildman–Crippen LogP) is 3.26. The Morgan fingerprint density at radius 1 is 1.53 bits per heavy atom. The second kappa shape index (κ2) is 4.21. The molecule has 2 atom stereocenters. The summed E-state index contributed by atoms with van der Waals surface area (Å²) in [6.45, 7) is 7.79. The van der Waals surface area contributed by atoms with Gasteiger partial charge in [-0.2, -0.15) is 0 Å². The zero-order valence-corrected chi connectivity index (χ0v) is 9.95. The molecular weight excluding hydrogens is 188 g/mol. The van der Waals surface area contributed by atoms with E-state index in [9.17, 15) is 9.90 Å². The molecule has 0 spiro atoms. The smallest absolute Gasteiger partial charge is 0.155 e. The largest absolute Gasteiger partial charge is 0.512 e. The van der Waals surface area contributed by atoms with Gasteiger partial charge < -0.3 is 5.11 Å². The average molecular weight is 208 g/mol. The number of ketones is 1. The van der Waals surface area contributed by atoms with E-state index in [0.29, 0.717) is 0 Å². The Hall–Kier alpha value is -1.05. The third-order valence-corrected chi connectivity index (χ3v) is 3.12. The molecule has 2 nitrogen and oxygen atoms in total. The van der Waals surface area contributed by atoms with Crippen LogP contribution in [0.3, 0.4) is 0 Å². The third-order valence-electron chi connectivity index (χ3n) is 3.12. The Balaban J connectivity index is 3.00. The normalized spacial score (nSPS) is 30.3. The second-order valence-corrected chi connectivity index (χ2v) is 5.14. The van der Waals surface area contributed by atoms with E-state index in [1.54, 1.807) is 0 Å². The van der Waals surface area contributed by atoms with Gasteiger partial charge in [-0.25, -0.2) is 0 Å². The maximum atomic E-state index is 11.0. The molecule has 0 saturated heterocycles. The molecule has 1 aliphatic rings. The van der Waals surface area contributed by atoms with Crippen LogP contribution in [0.4, 0.5) is 0 Å². The maximum Gasteiger partial charge on any atom is 0.155 e. The van der Waals surface area contributed by atoms with Gasteiger partial charge in [0.05, 0.1) is 5.76 Å². The van der Waals surface area contributed by atoms with Crippen LogP contribution >= 0.6 is 0 Å². The molecule has 1 N–H and O–H groups in total. The summed E-state index contributed by atoms with van der Waals surface area (Å²) in [7, 11) is 0. The second-order valence-electron chi connectivity index (χ2n) is 5.14. The van der Waals surface area contributed by atoms with Crippen molar-refractivity contribution in [3.63, 3.8) is 0 Å². The number of allylic oxidation sites excluding steroid dienone is 4. The van der Waals surface area contributed by atoms with Crippen LogP contribution in [0.1, 0.15) is 34.1 Å². The minimum absolute atomic E-state index is 0.0181. The summed E-state index contributed by atoms with van der Waals surface area (Å²) in [6, 6.07) is 0. The van der Waals surface area contributed by atoms with Crippen LogP contribution in [0.25, 0.3) is 0 Å². The topological polar surface area (TPSA) is 37.3 Å². The van der Waals surface area contributed by atoms with Gasteiger partial charge in [-0.15, -0.1) is 0 Å². The molecule has 2 heteroatoms. The van der Waals surface area contributed by atoms with Crippen molar-refractivity contribution < 1.29 is 9.90 Å². The van der Waals surface area contributed by atoms with Crippen molar-refractivity contribution in [3.05, 3.63) is 24.0 Å². The SMILES string of the molecule is CC(=O)C=C(O)C1C(C)C=CCC1(C)C. The molecule has 0 heterocycles. The van der Waals surface area contributed by atoms with Gasteiger partial charge in [-0.1, -0.05) is 32.9 Å². The Labute approximate surface area is 91.7 Å². The van der Waals surface area contributed by atoms with Crippen molar-refractivity contribution in [1.82, 2.24) is 0 Å². The first-order chi connectivity index (χ1) is 6.84. The van der Waals surface area contributed by atoms with Gasteiger partial charge in [-0.05, 0) is 24.7 Å². The first-order valence-corrected chi connectivity index (χ1v) is 5.42.